The summed E-state index contributed by atoms with van der Waals surface area (Å²) in [6.45, 7) is 1.76. The van der Waals surface area contributed by atoms with E-state index < -0.39 is 0 Å². The molecule has 7 heteroatoms. The van der Waals surface area contributed by atoms with Crippen molar-refractivity contribution < 1.29 is 4.39 Å². The van der Waals surface area contributed by atoms with Crippen molar-refractivity contribution >= 4 is 21.9 Å². The van der Waals surface area contributed by atoms with Crippen molar-refractivity contribution in [3.63, 3.8) is 0 Å². The fraction of sp³-hybridized carbons (Fsp3) is 0.125. The average molecular weight is 272 g/mol. The van der Waals surface area contributed by atoms with Crippen LogP contribution >= 0.6 is 15.9 Å². The molecule has 2 N–H and O–H groups in total. The highest BCUT2D eigenvalue weighted by Crippen LogP contribution is 2.23. The summed E-state index contributed by atoms with van der Waals surface area (Å²) in [6.07, 6.45) is 0. The largest absolute Gasteiger partial charge is 0.366 e. The van der Waals surface area contributed by atoms with Crippen LogP contribution in [0.3, 0.4) is 0 Å². The molecule has 0 unspecified atom stereocenters. The van der Waals surface area contributed by atoms with Gasteiger partial charge in [0.05, 0.1) is 10.2 Å². The lowest BCUT2D eigenvalue weighted by Crippen LogP contribution is -2.05. The molecule has 1 aromatic heterocycles. The topological polar surface area (TPSA) is 69.6 Å². The first-order chi connectivity index (χ1) is 7.09. The molecule has 15 heavy (non-hydrogen) atoms. The third-order valence-corrected chi connectivity index (χ3v) is 2.57. The normalized spacial score (nSPS) is 10.6. The summed E-state index contributed by atoms with van der Waals surface area (Å²) in [5, 5.41) is 10.7. The summed E-state index contributed by atoms with van der Waals surface area (Å²) in [5.41, 5.74) is 6.90. The highest BCUT2D eigenvalue weighted by Gasteiger charge is 2.10. The maximum atomic E-state index is 13.2. The van der Waals surface area contributed by atoms with E-state index in [-0.39, 0.29) is 11.8 Å². The molecule has 0 saturated heterocycles. The third-order valence-electron chi connectivity index (χ3n) is 1.96. The van der Waals surface area contributed by atoms with Gasteiger partial charge in [0, 0.05) is 0 Å². The molecule has 0 aliphatic carbocycles. The Balaban J connectivity index is 2.64. The smallest absolute Gasteiger partial charge is 0.245 e. The van der Waals surface area contributed by atoms with E-state index in [2.05, 4.69) is 31.5 Å². The minimum absolute atomic E-state index is 0.164. The lowest BCUT2D eigenvalue weighted by Gasteiger charge is -2.06. The van der Waals surface area contributed by atoms with Crippen molar-refractivity contribution in [1.82, 2.24) is 20.2 Å². The molecule has 0 aliphatic heterocycles. The molecular formula is C8H7BrFN5. The maximum Gasteiger partial charge on any atom is 0.245 e. The predicted molar refractivity (Wildman–Crippen MR) is 56.0 cm³/mol. The Kier molecular flexibility index (Phi) is 2.39. The average Bonchev–Trinajstić information content (AvgIpc) is 2.58. The van der Waals surface area contributed by atoms with Crippen molar-refractivity contribution in [3.05, 3.63) is 28.0 Å². The van der Waals surface area contributed by atoms with Crippen LogP contribution in [0.15, 0.2) is 16.6 Å². The number of tetrazole rings is 1. The second kappa shape index (κ2) is 3.58. The van der Waals surface area contributed by atoms with Crippen LogP contribution in [0.1, 0.15) is 5.56 Å². The van der Waals surface area contributed by atoms with Crippen molar-refractivity contribution in [2.24, 2.45) is 0 Å². The number of hydrogen-bond acceptors (Lipinski definition) is 4. The number of anilines is 1. The Morgan fingerprint density at radius 3 is 2.80 bits per heavy atom. The van der Waals surface area contributed by atoms with Crippen molar-refractivity contribution in [3.8, 4) is 5.69 Å². The van der Waals surface area contributed by atoms with Gasteiger partial charge in [-0.1, -0.05) is 5.10 Å². The fourth-order valence-electron chi connectivity index (χ4n) is 1.23. The molecular weight excluding hydrogens is 265 g/mol. The number of nitrogens with zero attached hydrogens (tertiary/aromatic N) is 4. The van der Waals surface area contributed by atoms with Crippen LogP contribution in [-0.4, -0.2) is 20.2 Å². The highest BCUT2D eigenvalue weighted by atomic mass is 79.9. The summed E-state index contributed by atoms with van der Waals surface area (Å²) in [4.78, 5) is 0. The fourth-order valence-corrected chi connectivity index (χ4v) is 1.56. The molecule has 0 bridgehead atoms. The Bertz CT molecular complexity index is 510. The lowest BCUT2D eigenvalue weighted by atomic mass is 10.2. The summed E-state index contributed by atoms with van der Waals surface area (Å²) in [6, 6.07) is 2.97. The SMILES string of the molecule is Cc1cc(F)c(Br)cc1-n1nnnc1N. The summed E-state index contributed by atoms with van der Waals surface area (Å²) in [5.74, 6) is -0.167. The van der Waals surface area contributed by atoms with E-state index in [0.717, 1.165) is 0 Å². The van der Waals surface area contributed by atoms with E-state index in [1.54, 1.807) is 13.0 Å². The summed E-state index contributed by atoms with van der Waals surface area (Å²) in [7, 11) is 0. The molecule has 2 rings (SSSR count). The number of benzene rings is 1. The van der Waals surface area contributed by atoms with Crippen LogP contribution in [0.2, 0.25) is 0 Å². The van der Waals surface area contributed by atoms with Gasteiger partial charge in [-0.25, -0.2) is 4.39 Å². The molecule has 78 valence electrons. The van der Waals surface area contributed by atoms with Crippen molar-refractivity contribution in [1.29, 1.82) is 0 Å². The zero-order valence-electron chi connectivity index (χ0n) is 7.78. The number of nitrogens with two attached hydrogens (primary N) is 1. The first-order valence-corrected chi connectivity index (χ1v) is 4.89. The Labute approximate surface area is 93.2 Å². The van der Waals surface area contributed by atoms with Gasteiger partial charge < -0.3 is 5.73 Å². The van der Waals surface area contributed by atoms with Crippen LogP contribution in [0.4, 0.5) is 10.3 Å². The van der Waals surface area contributed by atoms with Gasteiger partial charge in [0.2, 0.25) is 5.95 Å². The molecule has 0 amide bonds. The molecule has 5 nitrogen and oxygen atoms in total. The Hall–Kier alpha value is -1.50. The van der Waals surface area contributed by atoms with Crippen LogP contribution in [0.25, 0.3) is 5.69 Å². The van der Waals surface area contributed by atoms with E-state index >= 15 is 0 Å². The zero-order valence-corrected chi connectivity index (χ0v) is 9.36. The van der Waals surface area contributed by atoms with E-state index in [0.29, 0.717) is 15.7 Å². The molecule has 0 atom stereocenters. The maximum absolute atomic E-state index is 13.2. The molecule has 2 aromatic rings. The minimum Gasteiger partial charge on any atom is -0.366 e. The molecule has 0 aliphatic rings. The van der Waals surface area contributed by atoms with Crippen LogP contribution in [0.5, 0.6) is 0 Å². The second-order valence-corrected chi connectivity index (χ2v) is 3.86. The van der Waals surface area contributed by atoms with Crippen LogP contribution in [-0.2, 0) is 0 Å². The molecule has 0 spiro atoms. The van der Waals surface area contributed by atoms with E-state index in [1.165, 1.54) is 10.7 Å². The lowest BCUT2D eigenvalue weighted by molar-refractivity contribution is 0.618. The Morgan fingerprint density at radius 2 is 2.20 bits per heavy atom. The summed E-state index contributed by atoms with van der Waals surface area (Å²) >= 11 is 3.09. The number of rotatable bonds is 1. The number of aromatic nitrogens is 4. The first-order valence-electron chi connectivity index (χ1n) is 4.09. The Morgan fingerprint density at radius 1 is 1.47 bits per heavy atom. The molecule has 0 radical (unpaired) electrons. The highest BCUT2D eigenvalue weighted by molar-refractivity contribution is 9.10. The van der Waals surface area contributed by atoms with Gasteiger partial charge in [0.1, 0.15) is 5.82 Å². The van der Waals surface area contributed by atoms with Crippen LogP contribution in [0, 0.1) is 12.7 Å². The van der Waals surface area contributed by atoms with Gasteiger partial charge in [-0.15, -0.1) is 0 Å². The second-order valence-electron chi connectivity index (χ2n) is 3.00. The van der Waals surface area contributed by atoms with Gasteiger partial charge in [0.25, 0.3) is 0 Å². The monoisotopic (exact) mass is 271 g/mol. The minimum atomic E-state index is -0.331. The summed E-state index contributed by atoms with van der Waals surface area (Å²) < 4.78 is 14.9. The predicted octanol–water partition coefficient (Wildman–Crippen LogP) is 1.45. The first kappa shape index (κ1) is 10.0. The number of nitrogen functional groups attached to an aromatic ring is 1. The van der Waals surface area contributed by atoms with E-state index in [4.69, 9.17) is 5.73 Å². The quantitative estimate of drug-likeness (QED) is 0.853. The zero-order chi connectivity index (χ0) is 11.0. The molecule has 1 aromatic carbocycles. The van der Waals surface area contributed by atoms with Gasteiger partial charge in [-0.05, 0) is 51.0 Å². The van der Waals surface area contributed by atoms with Gasteiger partial charge in [0.15, 0.2) is 0 Å². The molecule has 1 heterocycles. The molecule has 0 fully saturated rings. The van der Waals surface area contributed by atoms with Gasteiger partial charge >= 0.3 is 0 Å². The standard InChI is InChI=1S/C8H7BrFN5/c1-4-2-6(10)5(9)3-7(4)15-8(11)12-13-14-15/h2-3H,1H3,(H2,11,12,14). The van der Waals surface area contributed by atoms with E-state index in [9.17, 15) is 4.39 Å². The van der Waals surface area contributed by atoms with Gasteiger partial charge in [-0.3, -0.25) is 0 Å². The van der Waals surface area contributed by atoms with Crippen molar-refractivity contribution in [2.45, 2.75) is 6.92 Å². The van der Waals surface area contributed by atoms with Crippen LogP contribution < -0.4 is 5.73 Å². The van der Waals surface area contributed by atoms with Crippen molar-refractivity contribution in [2.75, 3.05) is 5.73 Å². The number of halogens is 2. The van der Waals surface area contributed by atoms with Gasteiger partial charge in [-0.2, -0.15) is 4.68 Å². The number of aryl methyl sites for hydroxylation is 1. The third kappa shape index (κ3) is 1.70. The van der Waals surface area contributed by atoms with E-state index in [1.807, 2.05) is 0 Å². The number of hydrogen-bond donors (Lipinski definition) is 1. The molecule has 0 saturated carbocycles.